The average molecular weight is 329 g/mol. The van der Waals surface area contributed by atoms with Crippen LogP contribution in [0, 0.1) is 12.8 Å². The van der Waals surface area contributed by atoms with Crippen LogP contribution in [0.1, 0.15) is 49.0 Å². The molecule has 1 aliphatic carbocycles. The first-order valence-corrected chi connectivity index (χ1v) is 10.1. The summed E-state index contributed by atoms with van der Waals surface area (Å²) in [5, 5.41) is 0. The van der Waals surface area contributed by atoms with Crippen molar-refractivity contribution in [2.24, 2.45) is 11.7 Å². The summed E-state index contributed by atoms with van der Waals surface area (Å²) in [5.74, 6) is 0.567. The smallest absolute Gasteiger partial charge is 0.252 e. The minimum atomic E-state index is -3.34. The molecule has 1 saturated heterocycles. The van der Waals surface area contributed by atoms with Crippen molar-refractivity contribution < 1.29 is 8.42 Å². The zero-order valence-electron chi connectivity index (χ0n) is 12.5. The maximum Gasteiger partial charge on any atom is 0.252 e. The molecule has 1 atom stereocenters. The summed E-state index contributed by atoms with van der Waals surface area (Å²) in [7, 11) is -3.34. The van der Waals surface area contributed by atoms with Crippen LogP contribution in [0.2, 0.25) is 0 Å². The number of rotatable bonds is 4. The van der Waals surface area contributed by atoms with E-state index in [4.69, 9.17) is 5.73 Å². The fourth-order valence-electron chi connectivity index (χ4n) is 3.81. The number of aryl methyl sites for hydroxylation is 1. The van der Waals surface area contributed by atoms with Crippen LogP contribution in [0.3, 0.4) is 0 Å². The number of sulfonamides is 1. The molecule has 118 valence electrons. The van der Waals surface area contributed by atoms with E-state index in [9.17, 15) is 8.42 Å². The van der Waals surface area contributed by atoms with Gasteiger partial charge in [0.2, 0.25) is 0 Å². The Morgan fingerprint density at radius 2 is 2.00 bits per heavy atom. The molecule has 1 aromatic heterocycles. The lowest BCUT2D eigenvalue weighted by molar-refractivity contribution is 0.289. The van der Waals surface area contributed by atoms with Gasteiger partial charge < -0.3 is 5.73 Å². The maximum atomic E-state index is 13.0. The molecule has 0 amide bonds. The SMILES string of the molecule is Cc1cc(S(=O)(=O)N2CCCC2C2CCCC2)sc1CN. The summed E-state index contributed by atoms with van der Waals surface area (Å²) >= 11 is 1.34. The van der Waals surface area contributed by atoms with E-state index in [1.807, 2.05) is 6.92 Å². The van der Waals surface area contributed by atoms with Crippen LogP contribution in [0.4, 0.5) is 0 Å². The molecule has 0 aromatic carbocycles. The maximum absolute atomic E-state index is 13.0. The van der Waals surface area contributed by atoms with Crippen LogP contribution < -0.4 is 5.73 Å². The molecule has 1 aliphatic heterocycles. The second kappa shape index (κ2) is 5.99. The van der Waals surface area contributed by atoms with Crippen molar-refractivity contribution in [3.05, 3.63) is 16.5 Å². The van der Waals surface area contributed by atoms with Gasteiger partial charge in [0.1, 0.15) is 4.21 Å². The zero-order chi connectivity index (χ0) is 15.0. The first kappa shape index (κ1) is 15.5. The lowest BCUT2D eigenvalue weighted by Gasteiger charge is -2.28. The molecule has 3 rings (SSSR count). The molecule has 0 spiro atoms. The van der Waals surface area contributed by atoms with Gasteiger partial charge in [-0.1, -0.05) is 12.8 Å². The van der Waals surface area contributed by atoms with E-state index in [-0.39, 0.29) is 6.04 Å². The summed E-state index contributed by atoms with van der Waals surface area (Å²) in [5.41, 5.74) is 6.69. The molecule has 4 nitrogen and oxygen atoms in total. The van der Waals surface area contributed by atoms with Crippen LogP contribution in [-0.4, -0.2) is 25.3 Å². The van der Waals surface area contributed by atoms with Gasteiger partial charge >= 0.3 is 0 Å². The lowest BCUT2D eigenvalue weighted by Crippen LogP contribution is -2.39. The molecule has 21 heavy (non-hydrogen) atoms. The molecular weight excluding hydrogens is 304 g/mol. The Kier molecular flexibility index (Phi) is 4.41. The van der Waals surface area contributed by atoms with Crippen LogP contribution in [0.5, 0.6) is 0 Å². The van der Waals surface area contributed by atoms with Crippen molar-refractivity contribution in [2.75, 3.05) is 6.54 Å². The van der Waals surface area contributed by atoms with Crippen LogP contribution in [-0.2, 0) is 16.6 Å². The first-order chi connectivity index (χ1) is 10.0. The molecule has 1 aromatic rings. The zero-order valence-corrected chi connectivity index (χ0v) is 14.2. The highest BCUT2D eigenvalue weighted by atomic mass is 32.2. The van der Waals surface area contributed by atoms with Gasteiger partial charge in [0.05, 0.1) is 0 Å². The minimum Gasteiger partial charge on any atom is -0.326 e. The lowest BCUT2D eigenvalue weighted by atomic mass is 9.97. The van der Waals surface area contributed by atoms with Gasteiger partial charge in [0, 0.05) is 24.0 Å². The molecule has 2 fully saturated rings. The van der Waals surface area contributed by atoms with E-state index in [1.165, 1.54) is 37.0 Å². The van der Waals surface area contributed by atoms with Gasteiger partial charge in [-0.3, -0.25) is 0 Å². The van der Waals surface area contributed by atoms with Gasteiger partial charge in [-0.05, 0) is 50.2 Å². The van der Waals surface area contributed by atoms with Crippen molar-refractivity contribution in [2.45, 2.75) is 62.2 Å². The number of nitrogens with two attached hydrogens (primary N) is 1. The molecule has 0 radical (unpaired) electrons. The summed E-state index contributed by atoms with van der Waals surface area (Å²) in [4.78, 5) is 0.977. The van der Waals surface area contributed by atoms with Crippen molar-refractivity contribution in [1.82, 2.24) is 4.31 Å². The van der Waals surface area contributed by atoms with Crippen molar-refractivity contribution in [3.8, 4) is 0 Å². The number of thiophene rings is 1. The molecule has 2 N–H and O–H groups in total. The van der Waals surface area contributed by atoms with Gasteiger partial charge in [-0.2, -0.15) is 4.31 Å². The van der Waals surface area contributed by atoms with E-state index < -0.39 is 10.0 Å². The highest BCUT2D eigenvalue weighted by Gasteiger charge is 2.40. The molecule has 0 bridgehead atoms. The Morgan fingerprint density at radius 1 is 1.29 bits per heavy atom. The Morgan fingerprint density at radius 3 is 2.62 bits per heavy atom. The quantitative estimate of drug-likeness (QED) is 0.924. The number of hydrogen-bond acceptors (Lipinski definition) is 4. The van der Waals surface area contributed by atoms with Crippen LogP contribution in [0.25, 0.3) is 0 Å². The number of nitrogens with zero attached hydrogens (tertiary/aromatic N) is 1. The van der Waals surface area contributed by atoms with E-state index in [1.54, 1.807) is 10.4 Å². The second-order valence-electron chi connectivity index (χ2n) is 6.25. The normalized spacial score (nSPS) is 25.0. The van der Waals surface area contributed by atoms with Gasteiger partial charge in [0.25, 0.3) is 10.0 Å². The molecule has 2 heterocycles. The van der Waals surface area contributed by atoms with Crippen molar-refractivity contribution in [3.63, 3.8) is 0 Å². The fraction of sp³-hybridized carbons (Fsp3) is 0.733. The predicted octanol–water partition coefficient (Wildman–Crippen LogP) is 2.86. The third-order valence-electron chi connectivity index (χ3n) is 4.94. The standard InChI is InChI=1S/C15H24N2O2S2/c1-11-9-15(20-14(11)10-16)21(18,19)17-8-4-7-13(17)12-5-2-3-6-12/h9,12-13H,2-8,10,16H2,1H3. The molecule has 1 saturated carbocycles. The van der Waals surface area contributed by atoms with Crippen molar-refractivity contribution in [1.29, 1.82) is 0 Å². The summed E-state index contributed by atoms with van der Waals surface area (Å²) in [6, 6.07) is 2.02. The predicted molar refractivity (Wildman–Crippen MR) is 85.8 cm³/mol. The topological polar surface area (TPSA) is 63.4 Å². The third kappa shape index (κ3) is 2.79. The molecular formula is C15H24N2O2S2. The average Bonchev–Trinajstić information content (AvgIpc) is 3.18. The van der Waals surface area contributed by atoms with Crippen molar-refractivity contribution >= 4 is 21.4 Å². The highest BCUT2D eigenvalue weighted by Crippen LogP contribution is 2.39. The van der Waals surface area contributed by atoms with E-state index in [2.05, 4.69) is 0 Å². The highest BCUT2D eigenvalue weighted by molar-refractivity contribution is 7.91. The van der Waals surface area contributed by atoms with E-state index in [0.717, 1.165) is 23.3 Å². The molecule has 1 unspecified atom stereocenters. The van der Waals surface area contributed by atoms with Crippen LogP contribution in [0.15, 0.2) is 10.3 Å². The molecule has 2 aliphatic rings. The second-order valence-corrected chi connectivity index (χ2v) is 9.50. The monoisotopic (exact) mass is 328 g/mol. The minimum absolute atomic E-state index is 0.223. The number of hydrogen-bond donors (Lipinski definition) is 1. The van der Waals surface area contributed by atoms with Gasteiger partial charge in [-0.15, -0.1) is 11.3 Å². The molecule has 6 heteroatoms. The van der Waals surface area contributed by atoms with Gasteiger partial charge in [0.15, 0.2) is 0 Å². The van der Waals surface area contributed by atoms with E-state index in [0.29, 0.717) is 23.2 Å². The largest absolute Gasteiger partial charge is 0.326 e. The Labute approximate surface area is 131 Å². The van der Waals surface area contributed by atoms with Gasteiger partial charge in [-0.25, -0.2) is 8.42 Å². The summed E-state index contributed by atoms with van der Waals surface area (Å²) < 4.78 is 28.2. The Bertz CT molecular complexity index is 603. The summed E-state index contributed by atoms with van der Waals surface area (Å²) in [6.07, 6.45) is 6.91. The first-order valence-electron chi connectivity index (χ1n) is 7.85. The summed E-state index contributed by atoms with van der Waals surface area (Å²) in [6.45, 7) is 3.03. The van der Waals surface area contributed by atoms with Crippen LogP contribution >= 0.6 is 11.3 Å². The third-order valence-corrected chi connectivity index (χ3v) is 8.57. The Hall–Kier alpha value is -0.430. The van der Waals surface area contributed by atoms with E-state index >= 15 is 0 Å². The fourth-order valence-corrected chi connectivity index (χ4v) is 7.16. The Balaban J connectivity index is 1.89.